The van der Waals surface area contributed by atoms with Gasteiger partial charge in [-0.05, 0) is 44.1 Å². The van der Waals surface area contributed by atoms with Crippen molar-refractivity contribution in [1.82, 2.24) is 4.90 Å². The van der Waals surface area contributed by atoms with E-state index in [1.54, 1.807) is 6.07 Å². The van der Waals surface area contributed by atoms with Gasteiger partial charge < -0.3 is 10.2 Å². The molecule has 1 aliphatic rings. The number of anilines is 1. The summed E-state index contributed by atoms with van der Waals surface area (Å²) in [6.45, 7) is 4.08. The summed E-state index contributed by atoms with van der Waals surface area (Å²) in [5.41, 5.74) is 1.04. The third kappa shape index (κ3) is 3.71. The summed E-state index contributed by atoms with van der Waals surface area (Å²) >= 11 is 0. The van der Waals surface area contributed by atoms with Crippen LogP contribution in [0.1, 0.15) is 24.8 Å². The van der Waals surface area contributed by atoms with Gasteiger partial charge in [0.2, 0.25) is 0 Å². The van der Waals surface area contributed by atoms with Gasteiger partial charge in [-0.1, -0.05) is 6.42 Å². The molecule has 1 heterocycles. The van der Waals surface area contributed by atoms with Crippen LogP contribution in [-0.2, 0) is 0 Å². The fourth-order valence-electron chi connectivity index (χ4n) is 2.30. The molecule has 1 saturated heterocycles. The summed E-state index contributed by atoms with van der Waals surface area (Å²) in [5, 5.41) is 11.9. The number of hydrogen-bond donors (Lipinski definition) is 1. The molecule has 0 atom stereocenters. The first-order valence-electron chi connectivity index (χ1n) is 6.45. The molecule has 4 heteroatoms. The second kappa shape index (κ2) is 6.36. The van der Waals surface area contributed by atoms with Crippen molar-refractivity contribution in [2.45, 2.75) is 19.3 Å². The molecule has 1 aromatic carbocycles. The van der Waals surface area contributed by atoms with Crippen LogP contribution >= 0.6 is 0 Å². The average Bonchev–Trinajstić information content (AvgIpc) is 2.39. The van der Waals surface area contributed by atoms with Crippen LogP contribution in [0.2, 0.25) is 0 Å². The number of benzene rings is 1. The second-order valence-electron chi connectivity index (χ2n) is 4.67. The van der Waals surface area contributed by atoms with E-state index in [1.165, 1.54) is 31.4 Å². The first kappa shape index (κ1) is 12.8. The van der Waals surface area contributed by atoms with Crippen LogP contribution in [0.25, 0.3) is 0 Å². The Morgan fingerprint density at radius 2 is 2.00 bits per heavy atom. The van der Waals surface area contributed by atoms with Gasteiger partial charge >= 0.3 is 0 Å². The van der Waals surface area contributed by atoms with Crippen molar-refractivity contribution < 1.29 is 4.39 Å². The lowest BCUT2D eigenvalue weighted by atomic mass is 10.1. The van der Waals surface area contributed by atoms with Crippen LogP contribution in [0.5, 0.6) is 0 Å². The topological polar surface area (TPSA) is 39.1 Å². The molecule has 3 nitrogen and oxygen atoms in total. The lowest BCUT2D eigenvalue weighted by Gasteiger charge is -2.26. The van der Waals surface area contributed by atoms with E-state index < -0.39 is 0 Å². The van der Waals surface area contributed by atoms with E-state index in [9.17, 15) is 4.39 Å². The predicted octanol–water partition coefficient (Wildman–Crippen LogP) is 2.60. The molecular weight excluding hydrogens is 229 g/mol. The van der Waals surface area contributed by atoms with Crippen molar-refractivity contribution in [2.75, 3.05) is 31.5 Å². The Kier molecular flexibility index (Phi) is 4.54. The minimum Gasteiger partial charge on any atom is -0.384 e. The van der Waals surface area contributed by atoms with E-state index in [0.29, 0.717) is 11.3 Å². The van der Waals surface area contributed by atoms with Crippen molar-refractivity contribution in [3.05, 3.63) is 29.6 Å². The van der Waals surface area contributed by atoms with Gasteiger partial charge in [-0.3, -0.25) is 0 Å². The van der Waals surface area contributed by atoms with Crippen molar-refractivity contribution in [3.8, 4) is 6.07 Å². The molecule has 1 aromatic rings. The van der Waals surface area contributed by atoms with Gasteiger partial charge in [0.1, 0.15) is 5.82 Å². The Labute approximate surface area is 107 Å². The van der Waals surface area contributed by atoms with E-state index in [-0.39, 0.29) is 5.82 Å². The highest BCUT2D eigenvalue weighted by molar-refractivity contribution is 5.49. The molecule has 0 saturated carbocycles. The standard InChI is InChI=1S/C14H18FN3/c15-13-8-12(11-16)9-14(10-13)17-4-7-18-5-2-1-3-6-18/h8-10,17H,1-7H2. The van der Waals surface area contributed by atoms with Gasteiger partial charge in [0.25, 0.3) is 0 Å². The molecule has 0 aliphatic carbocycles. The molecule has 0 bridgehead atoms. The summed E-state index contributed by atoms with van der Waals surface area (Å²) < 4.78 is 13.2. The molecule has 1 fully saturated rings. The molecule has 96 valence electrons. The highest BCUT2D eigenvalue weighted by Gasteiger charge is 2.09. The van der Waals surface area contributed by atoms with E-state index in [2.05, 4.69) is 10.2 Å². The lowest BCUT2D eigenvalue weighted by molar-refractivity contribution is 0.237. The summed E-state index contributed by atoms with van der Waals surface area (Å²) in [7, 11) is 0. The maximum atomic E-state index is 13.2. The first-order valence-corrected chi connectivity index (χ1v) is 6.45. The molecule has 0 spiro atoms. The van der Waals surface area contributed by atoms with Crippen molar-refractivity contribution in [3.63, 3.8) is 0 Å². The average molecular weight is 247 g/mol. The number of hydrogen-bond acceptors (Lipinski definition) is 3. The normalized spacial score (nSPS) is 16.2. The van der Waals surface area contributed by atoms with Gasteiger partial charge in [-0.15, -0.1) is 0 Å². The van der Waals surface area contributed by atoms with Crippen LogP contribution in [0.15, 0.2) is 18.2 Å². The SMILES string of the molecule is N#Cc1cc(F)cc(NCCN2CCCCC2)c1. The number of rotatable bonds is 4. The Bertz CT molecular complexity index is 433. The smallest absolute Gasteiger partial charge is 0.126 e. The Balaban J connectivity index is 1.82. The monoisotopic (exact) mass is 247 g/mol. The number of halogens is 1. The number of likely N-dealkylation sites (tertiary alicyclic amines) is 1. The highest BCUT2D eigenvalue weighted by atomic mass is 19.1. The lowest BCUT2D eigenvalue weighted by Crippen LogP contribution is -2.33. The summed E-state index contributed by atoms with van der Waals surface area (Å²) in [6.07, 6.45) is 3.89. The fourth-order valence-corrected chi connectivity index (χ4v) is 2.30. The van der Waals surface area contributed by atoms with E-state index in [1.807, 2.05) is 6.07 Å². The zero-order valence-electron chi connectivity index (χ0n) is 10.5. The maximum absolute atomic E-state index is 13.2. The Hall–Kier alpha value is -1.60. The molecule has 2 rings (SSSR count). The Morgan fingerprint density at radius 1 is 1.22 bits per heavy atom. The first-order chi connectivity index (χ1) is 8.78. The molecule has 0 amide bonds. The molecule has 0 aromatic heterocycles. The second-order valence-corrected chi connectivity index (χ2v) is 4.67. The summed E-state index contributed by atoms with van der Waals surface area (Å²) in [6, 6.07) is 6.31. The fraction of sp³-hybridized carbons (Fsp3) is 0.500. The van der Waals surface area contributed by atoms with Gasteiger partial charge in [-0.25, -0.2) is 4.39 Å². The van der Waals surface area contributed by atoms with Crippen LogP contribution < -0.4 is 5.32 Å². The third-order valence-corrected chi connectivity index (χ3v) is 3.23. The Morgan fingerprint density at radius 3 is 2.72 bits per heavy atom. The number of nitrogens with zero attached hydrogens (tertiary/aromatic N) is 2. The van der Waals surface area contributed by atoms with Crippen LogP contribution in [0, 0.1) is 17.1 Å². The summed E-state index contributed by atoms with van der Waals surface area (Å²) in [5.74, 6) is -0.366. The van der Waals surface area contributed by atoms with Crippen molar-refractivity contribution >= 4 is 5.69 Å². The minimum atomic E-state index is -0.366. The number of piperidine rings is 1. The molecular formula is C14H18FN3. The third-order valence-electron chi connectivity index (χ3n) is 3.23. The van der Waals surface area contributed by atoms with Crippen molar-refractivity contribution in [1.29, 1.82) is 5.26 Å². The molecule has 18 heavy (non-hydrogen) atoms. The predicted molar refractivity (Wildman–Crippen MR) is 69.9 cm³/mol. The highest BCUT2D eigenvalue weighted by Crippen LogP contribution is 2.13. The van der Waals surface area contributed by atoms with Crippen LogP contribution in [-0.4, -0.2) is 31.1 Å². The largest absolute Gasteiger partial charge is 0.384 e. The van der Waals surface area contributed by atoms with E-state index in [0.717, 1.165) is 26.2 Å². The van der Waals surface area contributed by atoms with Crippen LogP contribution in [0.4, 0.5) is 10.1 Å². The van der Waals surface area contributed by atoms with Crippen molar-refractivity contribution in [2.24, 2.45) is 0 Å². The van der Waals surface area contributed by atoms with E-state index >= 15 is 0 Å². The molecule has 1 N–H and O–H groups in total. The molecule has 0 unspecified atom stereocenters. The molecule has 1 aliphatic heterocycles. The van der Waals surface area contributed by atoms with Gasteiger partial charge in [0.05, 0.1) is 11.6 Å². The maximum Gasteiger partial charge on any atom is 0.126 e. The zero-order chi connectivity index (χ0) is 12.8. The van der Waals surface area contributed by atoms with Crippen LogP contribution in [0.3, 0.4) is 0 Å². The molecule has 0 radical (unpaired) electrons. The number of nitrogens with one attached hydrogen (secondary N) is 1. The van der Waals surface area contributed by atoms with Gasteiger partial charge in [0.15, 0.2) is 0 Å². The van der Waals surface area contributed by atoms with Gasteiger partial charge in [-0.2, -0.15) is 5.26 Å². The summed E-state index contributed by atoms with van der Waals surface area (Å²) in [4.78, 5) is 2.42. The van der Waals surface area contributed by atoms with E-state index in [4.69, 9.17) is 5.26 Å². The quantitative estimate of drug-likeness (QED) is 0.889. The number of nitriles is 1. The van der Waals surface area contributed by atoms with Gasteiger partial charge in [0, 0.05) is 18.8 Å². The minimum absolute atomic E-state index is 0.357. The zero-order valence-corrected chi connectivity index (χ0v) is 10.5.